The molecule has 0 saturated heterocycles. The van der Waals surface area contributed by atoms with Gasteiger partial charge in [-0.25, -0.2) is 0 Å². The van der Waals surface area contributed by atoms with Gasteiger partial charge in [-0.05, 0) is 24.2 Å². The molecule has 62 valence electrons. The lowest BCUT2D eigenvalue weighted by molar-refractivity contribution is -0.125. The van der Waals surface area contributed by atoms with E-state index in [2.05, 4.69) is 20.8 Å². The van der Waals surface area contributed by atoms with Crippen LogP contribution in [-0.4, -0.2) is 5.78 Å². The van der Waals surface area contributed by atoms with Crippen molar-refractivity contribution in [3.05, 3.63) is 0 Å². The lowest BCUT2D eigenvalue weighted by Gasteiger charge is -2.14. The van der Waals surface area contributed by atoms with Gasteiger partial charge < -0.3 is 0 Å². The van der Waals surface area contributed by atoms with E-state index in [9.17, 15) is 4.79 Å². The molecule has 2 fully saturated rings. The van der Waals surface area contributed by atoms with Crippen LogP contribution in [0.1, 0.15) is 33.6 Å². The number of hydrogen-bond donors (Lipinski definition) is 0. The molecule has 2 saturated carbocycles. The Bertz CT molecular complexity index is 205. The summed E-state index contributed by atoms with van der Waals surface area (Å²) in [6.07, 6.45) is 2.41. The molecule has 0 aliphatic heterocycles. The Morgan fingerprint density at radius 2 is 2.00 bits per heavy atom. The van der Waals surface area contributed by atoms with E-state index in [1.165, 1.54) is 6.42 Å². The molecule has 3 unspecified atom stereocenters. The lowest BCUT2D eigenvalue weighted by Crippen LogP contribution is -2.19. The highest BCUT2D eigenvalue weighted by molar-refractivity contribution is 5.88. The minimum Gasteiger partial charge on any atom is -0.299 e. The number of ketones is 1. The first kappa shape index (κ1) is 7.33. The maximum Gasteiger partial charge on any atom is 0.139 e. The van der Waals surface area contributed by atoms with Crippen molar-refractivity contribution in [3.63, 3.8) is 0 Å². The third-order valence-electron chi connectivity index (χ3n) is 3.75. The number of carbonyl (C=O) groups excluding carboxylic acids is 1. The molecule has 2 aliphatic rings. The topological polar surface area (TPSA) is 17.1 Å². The van der Waals surface area contributed by atoms with Gasteiger partial charge in [-0.1, -0.05) is 20.8 Å². The van der Waals surface area contributed by atoms with Gasteiger partial charge in [-0.15, -0.1) is 0 Å². The summed E-state index contributed by atoms with van der Waals surface area (Å²) < 4.78 is 0. The van der Waals surface area contributed by atoms with Crippen molar-refractivity contribution in [2.75, 3.05) is 0 Å². The molecule has 0 aromatic rings. The maximum atomic E-state index is 11.6. The smallest absolute Gasteiger partial charge is 0.139 e. The van der Waals surface area contributed by atoms with Crippen molar-refractivity contribution in [1.82, 2.24) is 0 Å². The molecule has 0 bridgehead atoms. The van der Waals surface area contributed by atoms with Gasteiger partial charge in [0.25, 0.3) is 0 Å². The van der Waals surface area contributed by atoms with Crippen LogP contribution in [0.25, 0.3) is 0 Å². The zero-order valence-corrected chi connectivity index (χ0v) is 7.55. The SMILES string of the molecule is CC1CCC2C(C1=O)C2(C)C. The minimum absolute atomic E-state index is 0.345. The number of rotatable bonds is 0. The van der Waals surface area contributed by atoms with Crippen LogP contribution >= 0.6 is 0 Å². The molecule has 1 nitrogen and oxygen atoms in total. The van der Waals surface area contributed by atoms with Crippen LogP contribution in [0.4, 0.5) is 0 Å². The molecular formula is C10H16O. The molecule has 0 spiro atoms. The molecular weight excluding hydrogens is 136 g/mol. The highest BCUT2D eigenvalue weighted by atomic mass is 16.1. The first-order valence-electron chi connectivity index (χ1n) is 4.59. The Morgan fingerprint density at radius 1 is 1.36 bits per heavy atom. The Morgan fingerprint density at radius 3 is 2.55 bits per heavy atom. The van der Waals surface area contributed by atoms with Gasteiger partial charge >= 0.3 is 0 Å². The Labute approximate surface area is 68.2 Å². The van der Waals surface area contributed by atoms with Crippen LogP contribution in [0.3, 0.4) is 0 Å². The average Bonchev–Trinajstić information content (AvgIpc) is 2.46. The van der Waals surface area contributed by atoms with Gasteiger partial charge in [-0.2, -0.15) is 0 Å². The normalized spacial score (nSPS) is 46.8. The predicted molar refractivity (Wildman–Crippen MR) is 44.2 cm³/mol. The fraction of sp³-hybridized carbons (Fsp3) is 0.900. The third-order valence-corrected chi connectivity index (χ3v) is 3.75. The van der Waals surface area contributed by atoms with Crippen LogP contribution in [0.2, 0.25) is 0 Å². The fourth-order valence-electron chi connectivity index (χ4n) is 2.73. The zero-order chi connectivity index (χ0) is 8.22. The molecule has 0 heterocycles. The summed E-state index contributed by atoms with van der Waals surface area (Å²) >= 11 is 0. The van der Waals surface area contributed by atoms with E-state index in [0.29, 0.717) is 23.0 Å². The fourth-order valence-corrected chi connectivity index (χ4v) is 2.73. The van der Waals surface area contributed by atoms with Crippen molar-refractivity contribution in [1.29, 1.82) is 0 Å². The monoisotopic (exact) mass is 152 g/mol. The van der Waals surface area contributed by atoms with E-state index in [1.54, 1.807) is 0 Å². The Hall–Kier alpha value is -0.330. The second-order valence-corrected chi connectivity index (χ2v) is 4.79. The lowest BCUT2D eigenvalue weighted by atomic mass is 9.90. The van der Waals surface area contributed by atoms with Crippen molar-refractivity contribution in [2.24, 2.45) is 23.2 Å². The first-order chi connectivity index (χ1) is 5.05. The molecule has 0 aromatic carbocycles. The van der Waals surface area contributed by atoms with Gasteiger partial charge in [0, 0.05) is 11.8 Å². The minimum atomic E-state index is 0.345. The highest BCUT2D eigenvalue weighted by Crippen LogP contribution is 2.64. The molecule has 1 heteroatoms. The molecule has 0 radical (unpaired) electrons. The molecule has 11 heavy (non-hydrogen) atoms. The van der Waals surface area contributed by atoms with Crippen molar-refractivity contribution < 1.29 is 4.79 Å². The number of Topliss-reactive ketones (excluding diaryl/α,β-unsaturated/α-hetero) is 1. The van der Waals surface area contributed by atoms with Crippen molar-refractivity contribution in [2.45, 2.75) is 33.6 Å². The largest absolute Gasteiger partial charge is 0.299 e. The number of hydrogen-bond acceptors (Lipinski definition) is 1. The quantitative estimate of drug-likeness (QED) is 0.520. The molecule has 0 N–H and O–H groups in total. The highest BCUT2D eigenvalue weighted by Gasteiger charge is 2.63. The molecule has 0 amide bonds. The van der Waals surface area contributed by atoms with Crippen molar-refractivity contribution >= 4 is 5.78 Å². The molecule has 0 aromatic heterocycles. The third kappa shape index (κ3) is 0.800. The maximum absolute atomic E-state index is 11.6. The zero-order valence-electron chi connectivity index (χ0n) is 7.55. The number of fused-ring (bicyclic) bond motifs is 1. The predicted octanol–water partition coefficient (Wildman–Crippen LogP) is 2.26. The van der Waals surface area contributed by atoms with Gasteiger partial charge in [0.2, 0.25) is 0 Å². The van der Waals surface area contributed by atoms with Crippen LogP contribution in [-0.2, 0) is 4.79 Å². The van der Waals surface area contributed by atoms with E-state index in [-0.39, 0.29) is 0 Å². The number of carbonyl (C=O) groups is 1. The van der Waals surface area contributed by atoms with E-state index in [1.807, 2.05) is 0 Å². The van der Waals surface area contributed by atoms with E-state index < -0.39 is 0 Å². The van der Waals surface area contributed by atoms with Crippen LogP contribution in [0.5, 0.6) is 0 Å². The van der Waals surface area contributed by atoms with E-state index in [0.717, 1.165) is 12.3 Å². The summed E-state index contributed by atoms with van der Waals surface area (Å²) in [4.78, 5) is 11.6. The summed E-state index contributed by atoms with van der Waals surface area (Å²) in [7, 11) is 0. The summed E-state index contributed by atoms with van der Waals surface area (Å²) in [5.74, 6) is 2.03. The summed E-state index contributed by atoms with van der Waals surface area (Å²) in [6, 6.07) is 0. The van der Waals surface area contributed by atoms with E-state index >= 15 is 0 Å². The summed E-state index contributed by atoms with van der Waals surface area (Å²) in [5, 5.41) is 0. The average molecular weight is 152 g/mol. The van der Waals surface area contributed by atoms with Crippen LogP contribution in [0.15, 0.2) is 0 Å². The summed E-state index contributed by atoms with van der Waals surface area (Å²) in [5.41, 5.74) is 0.349. The second kappa shape index (κ2) is 1.88. The molecule has 2 rings (SSSR count). The van der Waals surface area contributed by atoms with Gasteiger partial charge in [0.05, 0.1) is 0 Å². The van der Waals surface area contributed by atoms with Gasteiger partial charge in [0.15, 0.2) is 0 Å². The Balaban J connectivity index is 2.19. The first-order valence-corrected chi connectivity index (χ1v) is 4.59. The van der Waals surface area contributed by atoms with Gasteiger partial charge in [-0.3, -0.25) is 4.79 Å². The Kier molecular flexibility index (Phi) is 1.25. The standard InChI is InChI=1S/C10H16O/c1-6-4-5-7-8(9(6)11)10(7,2)3/h6-8H,4-5H2,1-3H3. The summed E-state index contributed by atoms with van der Waals surface area (Å²) in [6.45, 7) is 6.55. The van der Waals surface area contributed by atoms with Gasteiger partial charge in [0.1, 0.15) is 5.78 Å². The van der Waals surface area contributed by atoms with Crippen LogP contribution < -0.4 is 0 Å². The van der Waals surface area contributed by atoms with Crippen molar-refractivity contribution in [3.8, 4) is 0 Å². The molecule has 3 atom stereocenters. The molecule has 2 aliphatic carbocycles. The van der Waals surface area contributed by atoms with Crippen LogP contribution in [0, 0.1) is 23.2 Å². The van der Waals surface area contributed by atoms with E-state index in [4.69, 9.17) is 0 Å². The second-order valence-electron chi connectivity index (χ2n) is 4.79.